The number of hydrogen-bond acceptors (Lipinski definition) is 2. The highest BCUT2D eigenvalue weighted by atomic mass is 19.1. The monoisotopic (exact) mass is 251 g/mol. The largest absolute Gasteiger partial charge is 0.497 e. The number of carbonyl (C=O) groups excluding carboxylic acids is 1. The van der Waals surface area contributed by atoms with Crippen molar-refractivity contribution in [2.24, 2.45) is 5.41 Å². The summed E-state index contributed by atoms with van der Waals surface area (Å²) in [5.41, 5.74) is 0.387. The molecule has 0 radical (unpaired) electrons. The first-order chi connectivity index (χ1) is 8.44. The van der Waals surface area contributed by atoms with Crippen molar-refractivity contribution in [1.29, 1.82) is 0 Å². The molecule has 1 aromatic rings. The highest BCUT2D eigenvalue weighted by molar-refractivity contribution is 5.84. The lowest BCUT2D eigenvalue weighted by Gasteiger charge is -2.19. The van der Waals surface area contributed by atoms with Gasteiger partial charge in [0.25, 0.3) is 5.91 Å². The molecule has 98 valence electrons. The zero-order chi connectivity index (χ0) is 13.3. The molecule has 0 spiro atoms. The lowest BCUT2D eigenvalue weighted by atomic mass is 9.91. The van der Waals surface area contributed by atoms with Gasteiger partial charge in [0.05, 0.1) is 7.11 Å². The summed E-state index contributed by atoms with van der Waals surface area (Å²) < 4.78 is 18.8. The predicted octanol–water partition coefficient (Wildman–Crippen LogP) is 2.40. The van der Waals surface area contributed by atoms with Gasteiger partial charge in [0.2, 0.25) is 0 Å². The van der Waals surface area contributed by atoms with Crippen LogP contribution in [0.2, 0.25) is 0 Å². The van der Waals surface area contributed by atoms with Crippen molar-refractivity contribution < 1.29 is 13.9 Å². The van der Waals surface area contributed by atoms with Gasteiger partial charge in [0.1, 0.15) is 5.75 Å². The molecule has 3 nitrogen and oxygen atoms in total. The van der Waals surface area contributed by atoms with E-state index in [1.165, 1.54) is 0 Å². The molecule has 1 aliphatic heterocycles. The number of halogens is 1. The Kier molecular flexibility index (Phi) is 3.28. The van der Waals surface area contributed by atoms with Gasteiger partial charge in [-0.1, -0.05) is 26.0 Å². The van der Waals surface area contributed by atoms with Crippen molar-refractivity contribution in [3.63, 3.8) is 0 Å². The van der Waals surface area contributed by atoms with Crippen LogP contribution in [-0.4, -0.2) is 30.6 Å². The van der Waals surface area contributed by atoms with E-state index in [1.807, 2.05) is 24.3 Å². The van der Waals surface area contributed by atoms with Gasteiger partial charge in [-0.25, -0.2) is 4.39 Å². The molecule has 0 saturated carbocycles. The maximum Gasteiger partial charge on any atom is 0.258 e. The van der Waals surface area contributed by atoms with Crippen molar-refractivity contribution in [3.8, 4) is 5.75 Å². The summed E-state index contributed by atoms with van der Waals surface area (Å²) in [6, 6.07) is 7.47. The van der Waals surface area contributed by atoms with Crippen molar-refractivity contribution in [2.45, 2.75) is 26.6 Å². The number of methoxy groups -OCH3 is 1. The van der Waals surface area contributed by atoms with Crippen LogP contribution in [0.25, 0.3) is 0 Å². The molecule has 1 atom stereocenters. The Morgan fingerprint density at radius 3 is 2.44 bits per heavy atom. The number of ether oxygens (including phenoxy) is 1. The van der Waals surface area contributed by atoms with Crippen LogP contribution in [0.5, 0.6) is 5.75 Å². The summed E-state index contributed by atoms with van der Waals surface area (Å²) in [6.45, 7) is 4.47. The molecule has 1 amide bonds. The molecular formula is C14H18FNO2. The minimum Gasteiger partial charge on any atom is -0.497 e. The van der Waals surface area contributed by atoms with Gasteiger partial charge in [0.15, 0.2) is 6.17 Å². The van der Waals surface area contributed by atoms with Crippen molar-refractivity contribution in [2.75, 3.05) is 13.7 Å². The normalized spacial score (nSPS) is 22.3. The minimum atomic E-state index is -1.39. The summed E-state index contributed by atoms with van der Waals surface area (Å²) in [4.78, 5) is 13.4. The third-order valence-electron chi connectivity index (χ3n) is 3.35. The Morgan fingerprint density at radius 1 is 1.39 bits per heavy atom. The fourth-order valence-corrected chi connectivity index (χ4v) is 2.23. The summed E-state index contributed by atoms with van der Waals surface area (Å²) >= 11 is 0. The quantitative estimate of drug-likeness (QED) is 0.825. The second-order valence-corrected chi connectivity index (χ2v) is 5.39. The number of hydrogen-bond donors (Lipinski definition) is 0. The minimum absolute atomic E-state index is 0.407. The van der Waals surface area contributed by atoms with Crippen LogP contribution < -0.4 is 4.74 Å². The number of amides is 1. The highest BCUT2D eigenvalue weighted by Crippen LogP contribution is 2.33. The number of alkyl halides is 1. The SMILES string of the molecule is COc1ccc(CN2CC(C)(C)C(F)C2=O)cc1. The molecule has 2 rings (SSSR count). The number of rotatable bonds is 3. The maximum absolute atomic E-state index is 13.8. The van der Waals surface area contributed by atoms with E-state index in [2.05, 4.69) is 0 Å². The standard InChI is InChI=1S/C14H18FNO2/c1-14(2)9-16(13(17)12(14)15)8-10-4-6-11(18-3)7-5-10/h4-7,12H,8-9H2,1-3H3. The van der Waals surface area contributed by atoms with Crippen LogP contribution in [0.1, 0.15) is 19.4 Å². The van der Waals surface area contributed by atoms with Crippen LogP contribution >= 0.6 is 0 Å². The molecular weight excluding hydrogens is 233 g/mol. The van der Waals surface area contributed by atoms with Crippen LogP contribution in [0.4, 0.5) is 4.39 Å². The van der Waals surface area contributed by atoms with E-state index in [4.69, 9.17) is 4.74 Å². The number of nitrogens with zero attached hydrogens (tertiary/aromatic N) is 1. The number of likely N-dealkylation sites (tertiary alicyclic amines) is 1. The first kappa shape index (κ1) is 12.9. The third-order valence-corrected chi connectivity index (χ3v) is 3.35. The lowest BCUT2D eigenvalue weighted by molar-refractivity contribution is -0.132. The second-order valence-electron chi connectivity index (χ2n) is 5.39. The van der Waals surface area contributed by atoms with Crippen LogP contribution in [0, 0.1) is 5.41 Å². The zero-order valence-corrected chi connectivity index (χ0v) is 10.9. The number of benzene rings is 1. The summed E-state index contributed by atoms with van der Waals surface area (Å²) in [5.74, 6) is 0.367. The van der Waals surface area contributed by atoms with E-state index in [-0.39, 0.29) is 0 Å². The molecule has 0 aliphatic carbocycles. The molecule has 1 fully saturated rings. The maximum atomic E-state index is 13.8. The third kappa shape index (κ3) is 2.33. The fourth-order valence-electron chi connectivity index (χ4n) is 2.23. The average molecular weight is 251 g/mol. The Balaban J connectivity index is 2.08. The van der Waals surface area contributed by atoms with E-state index in [0.717, 1.165) is 11.3 Å². The van der Waals surface area contributed by atoms with Gasteiger partial charge in [-0.15, -0.1) is 0 Å². The fraction of sp³-hybridized carbons (Fsp3) is 0.500. The lowest BCUT2D eigenvalue weighted by Crippen LogP contribution is -2.27. The molecule has 1 unspecified atom stereocenters. The van der Waals surface area contributed by atoms with Crippen LogP contribution in [-0.2, 0) is 11.3 Å². The smallest absolute Gasteiger partial charge is 0.258 e. The molecule has 1 aliphatic rings. The predicted molar refractivity (Wildman–Crippen MR) is 67.1 cm³/mol. The molecule has 1 aromatic carbocycles. The summed E-state index contributed by atoms with van der Waals surface area (Å²) in [7, 11) is 1.61. The second kappa shape index (κ2) is 4.59. The molecule has 0 aromatic heterocycles. The van der Waals surface area contributed by atoms with Crippen LogP contribution in [0.3, 0.4) is 0 Å². The average Bonchev–Trinajstić information content (AvgIpc) is 2.54. The van der Waals surface area contributed by atoms with E-state index >= 15 is 0 Å². The van der Waals surface area contributed by atoms with Gasteiger partial charge in [-0.2, -0.15) is 0 Å². The molecule has 0 bridgehead atoms. The first-order valence-corrected chi connectivity index (χ1v) is 6.00. The first-order valence-electron chi connectivity index (χ1n) is 6.00. The van der Waals surface area contributed by atoms with Gasteiger partial charge >= 0.3 is 0 Å². The summed E-state index contributed by atoms with van der Waals surface area (Å²) in [5, 5.41) is 0. The van der Waals surface area contributed by atoms with Crippen molar-refractivity contribution >= 4 is 5.91 Å². The Bertz CT molecular complexity index is 442. The Hall–Kier alpha value is -1.58. The van der Waals surface area contributed by atoms with Gasteiger partial charge < -0.3 is 9.64 Å². The molecule has 18 heavy (non-hydrogen) atoms. The zero-order valence-electron chi connectivity index (χ0n) is 10.9. The topological polar surface area (TPSA) is 29.5 Å². The molecule has 1 saturated heterocycles. The molecule has 0 N–H and O–H groups in total. The van der Waals surface area contributed by atoms with E-state index in [0.29, 0.717) is 13.1 Å². The number of carbonyl (C=O) groups is 1. The highest BCUT2D eigenvalue weighted by Gasteiger charge is 2.46. The molecule has 4 heteroatoms. The van der Waals surface area contributed by atoms with Gasteiger partial charge in [-0.3, -0.25) is 4.79 Å². The Morgan fingerprint density at radius 2 is 2.00 bits per heavy atom. The van der Waals surface area contributed by atoms with E-state index < -0.39 is 17.5 Å². The Labute approximate surface area is 107 Å². The van der Waals surface area contributed by atoms with Crippen molar-refractivity contribution in [1.82, 2.24) is 4.90 Å². The van der Waals surface area contributed by atoms with Gasteiger partial charge in [-0.05, 0) is 17.7 Å². The summed E-state index contributed by atoms with van der Waals surface area (Å²) in [6.07, 6.45) is -1.39. The van der Waals surface area contributed by atoms with Gasteiger partial charge in [0, 0.05) is 18.5 Å². The van der Waals surface area contributed by atoms with Crippen molar-refractivity contribution in [3.05, 3.63) is 29.8 Å². The molecule has 1 heterocycles. The van der Waals surface area contributed by atoms with E-state index in [1.54, 1.807) is 25.9 Å². The van der Waals surface area contributed by atoms with Crippen LogP contribution in [0.15, 0.2) is 24.3 Å². The van der Waals surface area contributed by atoms with E-state index in [9.17, 15) is 9.18 Å².